The van der Waals surface area contributed by atoms with Crippen LogP contribution in [0.5, 0.6) is 0 Å². The van der Waals surface area contributed by atoms with Gasteiger partial charge in [0, 0.05) is 18.7 Å². The molecule has 2 amide bonds. The number of benzene rings is 1. The van der Waals surface area contributed by atoms with E-state index in [9.17, 15) is 4.79 Å². The van der Waals surface area contributed by atoms with Crippen LogP contribution in [0.3, 0.4) is 0 Å². The van der Waals surface area contributed by atoms with Crippen LogP contribution in [-0.4, -0.2) is 37.4 Å². The standard InChI is InChI=1S/C14H21ClN2O3/c1-3-12(9-18)17-14(19)16-8-13(20-2)10-5-4-6-11(15)7-10/h4-7,12-13,18H,3,8-9H2,1-2H3,(H2,16,17,19). The van der Waals surface area contributed by atoms with E-state index in [1.807, 2.05) is 19.1 Å². The zero-order valence-corrected chi connectivity index (χ0v) is 12.5. The molecule has 0 aliphatic carbocycles. The first kappa shape index (κ1) is 16.8. The number of aliphatic hydroxyl groups excluding tert-OH is 1. The number of nitrogens with one attached hydrogen (secondary N) is 2. The summed E-state index contributed by atoms with van der Waals surface area (Å²) < 4.78 is 5.35. The van der Waals surface area contributed by atoms with Gasteiger partial charge in [0.15, 0.2) is 0 Å². The van der Waals surface area contributed by atoms with Gasteiger partial charge in [-0.1, -0.05) is 30.7 Å². The van der Waals surface area contributed by atoms with Crippen LogP contribution in [-0.2, 0) is 4.74 Å². The number of hydrogen-bond acceptors (Lipinski definition) is 3. The number of rotatable bonds is 7. The summed E-state index contributed by atoms with van der Waals surface area (Å²) in [4.78, 5) is 11.7. The predicted molar refractivity (Wildman–Crippen MR) is 78.9 cm³/mol. The molecule has 0 aliphatic rings. The SMILES string of the molecule is CCC(CO)NC(=O)NCC(OC)c1cccc(Cl)c1. The summed E-state index contributed by atoms with van der Waals surface area (Å²) in [6.07, 6.45) is 0.403. The predicted octanol–water partition coefficient (Wildman–Crippen LogP) is 2.10. The Kier molecular flexibility index (Phi) is 7.36. The van der Waals surface area contributed by atoms with Crippen LogP contribution in [0.25, 0.3) is 0 Å². The molecule has 0 bridgehead atoms. The zero-order valence-electron chi connectivity index (χ0n) is 11.7. The molecule has 0 aliphatic heterocycles. The molecular weight excluding hydrogens is 280 g/mol. The van der Waals surface area contributed by atoms with Gasteiger partial charge in [0.25, 0.3) is 0 Å². The molecule has 0 heterocycles. The summed E-state index contributed by atoms with van der Waals surface area (Å²) in [6, 6.07) is 6.76. The third-order valence-electron chi connectivity index (χ3n) is 3.00. The van der Waals surface area contributed by atoms with E-state index in [-0.39, 0.29) is 24.8 Å². The summed E-state index contributed by atoms with van der Waals surface area (Å²) in [5.41, 5.74) is 0.898. The second-order valence-electron chi connectivity index (χ2n) is 4.42. The molecule has 1 aromatic carbocycles. The largest absolute Gasteiger partial charge is 0.394 e. The fraction of sp³-hybridized carbons (Fsp3) is 0.500. The molecule has 1 rings (SSSR count). The maximum absolute atomic E-state index is 11.7. The van der Waals surface area contributed by atoms with Crippen molar-refractivity contribution in [2.45, 2.75) is 25.5 Å². The van der Waals surface area contributed by atoms with E-state index in [0.29, 0.717) is 18.0 Å². The molecule has 6 heteroatoms. The van der Waals surface area contributed by atoms with Crippen molar-refractivity contribution < 1.29 is 14.6 Å². The minimum absolute atomic E-state index is 0.0775. The number of halogens is 1. The minimum atomic E-state index is -0.324. The third-order valence-corrected chi connectivity index (χ3v) is 3.24. The van der Waals surface area contributed by atoms with Crippen molar-refractivity contribution in [3.05, 3.63) is 34.9 Å². The number of amides is 2. The summed E-state index contributed by atoms with van der Waals surface area (Å²) in [5, 5.41) is 15.0. The normalized spacial score (nSPS) is 13.6. The highest BCUT2D eigenvalue weighted by molar-refractivity contribution is 6.30. The van der Waals surface area contributed by atoms with E-state index in [1.165, 1.54) is 0 Å². The first-order chi connectivity index (χ1) is 9.60. The molecule has 0 saturated carbocycles. The molecule has 0 fully saturated rings. The maximum Gasteiger partial charge on any atom is 0.315 e. The summed E-state index contributed by atoms with van der Waals surface area (Å²) in [6.45, 7) is 2.14. The summed E-state index contributed by atoms with van der Waals surface area (Å²) in [7, 11) is 1.58. The highest BCUT2D eigenvalue weighted by atomic mass is 35.5. The molecule has 112 valence electrons. The van der Waals surface area contributed by atoms with Gasteiger partial charge in [0.2, 0.25) is 0 Å². The molecular formula is C14H21ClN2O3. The van der Waals surface area contributed by atoms with E-state index in [1.54, 1.807) is 19.2 Å². The van der Waals surface area contributed by atoms with Gasteiger partial charge in [0.05, 0.1) is 18.8 Å². The quantitative estimate of drug-likeness (QED) is 0.722. The summed E-state index contributed by atoms with van der Waals surface area (Å²) >= 11 is 5.93. The van der Waals surface area contributed by atoms with E-state index in [2.05, 4.69) is 10.6 Å². The highest BCUT2D eigenvalue weighted by Gasteiger charge is 2.14. The molecule has 0 aromatic heterocycles. The van der Waals surface area contributed by atoms with Crippen LogP contribution in [0.15, 0.2) is 24.3 Å². The van der Waals surface area contributed by atoms with Gasteiger partial charge in [-0.15, -0.1) is 0 Å². The van der Waals surface area contributed by atoms with Crippen LogP contribution in [0.1, 0.15) is 25.0 Å². The topological polar surface area (TPSA) is 70.6 Å². The van der Waals surface area contributed by atoms with Crippen molar-refractivity contribution in [3.63, 3.8) is 0 Å². The fourth-order valence-electron chi connectivity index (χ4n) is 1.74. The van der Waals surface area contributed by atoms with E-state index in [0.717, 1.165) is 5.56 Å². The van der Waals surface area contributed by atoms with Crippen LogP contribution >= 0.6 is 11.6 Å². The Morgan fingerprint density at radius 1 is 1.50 bits per heavy atom. The Labute approximate surface area is 124 Å². The smallest absolute Gasteiger partial charge is 0.315 e. The Morgan fingerprint density at radius 2 is 2.25 bits per heavy atom. The molecule has 5 nitrogen and oxygen atoms in total. The third kappa shape index (κ3) is 5.36. The van der Waals surface area contributed by atoms with Crippen molar-refractivity contribution in [2.24, 2.45) is 0 Å². The lowest BCUT2D eigenvalue weighted by molar-refractivity contribution is 0.103. The number of carbonyl (C=O) groups is 1. The van der Waals surface area contributed by atoms with Gasteiger partial charge < -0.3 is 20.5 Å². The number of urea groups is 1. The van der Waals surface area contributed by atoms with Gasteiger partial charge in [-0.25, -0.2) is 4.79 Å². The average Bonchev–Trinajstić information content (AvgIpc) is 2.45. The number of aliphatic hydroxyl groups is 1. The van der Waals surface area contributed by atoms with Crippen molar-refractivity contribution in [1.29, 1.82) is 0 Å². The van der Waals surface area contributed by atoms with Crippen LogP contribution in [0, 0.1) is 0 Å². The molecule has 2 atom stereocenters. The molecule has 2 unspecified atom stereocenters. The summed E-state index contributed by atoms with van der Waals surface area (Å²) in [5.74, 6) is 0. The highest BCUT2D eigenvalue weighted by Crippen LogP contribution is 2.19. The van der Waals surface area contributed by atoms with Gasteiger partial charge in [0.1, 0.15) is 0 Å². The molecule has 1 aromatic rings. The van der Waals surface area contributed by atoms with Gasteiger partial charge in [-0.2, -0.15) is 0 Å². The second kappa shape index (κ2) is 8.79. The Balaban J connectivity index is 2.51. The minimum Gasteiger partial charge on any atom is -0.394 e. The molecule has 0 radical (unpaired) electrons. The lowest BCUT2D eigenvalue weighted by Crippen LogP contribution is -2.44. The Bertz CT molecular complexity index is 425. The van der Waals surface area contributed by atoms with Crippen LogP contribution in [0.2, 0.25) is 5.02 Å². The number of ether oxygens (including phenoxy) is 1. The Morgan fingerprint density at radius 3 is 2.80 bits per heavy atom. The monoisotopic (exact) mass is 300 g/mol. The average molecular weight is 301 g/mol. The van der Waals surface area contributed by atoms with Crippen molar-refractivity contribution in [1.82, 2.24) is 10.6 Å². The lowest BCUT2D eigenvalue weighted by Gasteiger charge is -2.19. The first-order valence-electron chi connectivity index (χ1n) is 6.54. The molecule has 0 saturated heterocycles. The van der Waals surface area contributed by atoms with Crippen molar-refractivity contribution >= 4 is 17.6 Å². The number of hydrogen-bond donors (Lipinski definition) is 3. The van der Waals surface area contributed by atoms with Crippen LogP contribution in [0.4, 0.5) is 4.79 Å². The Hall–Kier alpha value is -1.30. The number of carbonyl (C=O) groups excluding carboxylic acids is 1. The zero-order chi connectivity index (χ0) is 15.0. The van der Waals surface area contributed by atoms with Crippen molar-refractivity contribution in [3.8, 4) is 0 Å². The fourth-order valence-corrected chi connectivity index (χ4v) is 1.94. The maximum atomic E-state index is 11.7. The number of methoxy groups -OCH3 is 1. The van der Waals surface area contributed by atoms with Gasteiger partial charge in [-0.05, 0) is 24.1 Å². The van der Waals surface area contributed by atoms with E-state index >= 15 is 0 Å². The lowest BCUT2D eigenvalue weighted by atomic mass is 10.1. The molecule has 3 N–H and O–H groups in total. The van der Waals surface area contributed by atoms with Gasteiger partial charge in [-0.3, -0.25) is 0 Å². The van der Waals surface area contributed by atoms with E-state index in [4.69, 9.17) is 21.4 Å². The van der Waals surface area contributed by atoms with Gasteiger partial charge >= 0.3 is 6.03 Å². The van der Waals surface area contributed by atoms with E-state index < -0.39 is 0 Å². The molecule has 20 heavy (non-hydrogen) atoms. The van der Waals surface area contributed by atoms with Crippen molar-refractivity contribution in [2.75, 3.05) is 20.3 Å². The molecule has 0 spiro atoms. The van der Waals surface area contributed by atoms with Crippen LogP contribution < -0.4 is 10.6 Å². The first-order valence-corrected chi connectivity index (χ1v) is 6.92. The second-order valence-corrected chi connectivity index (χ2v) is 4.86.